The smallest absolute Gasteiger partial charge is 0.0813 e. The third kappa shape index (κ3) is 2.70. The zero-order chi connectivity index (χ0) is 9.73. The monoisotopic (exact) mass is 195 g/mol. The lowest BCUT2D eigenvalue weighted by atomic mass is 9.84. The van der Waals surface area contributed by atoms with E-state index in [0.717, 1.165) is 18.0 Å². The third-order valence-corrected chi connectivity index (χ3v) is 3.35. The summed E-state index contributed by atoms with van der Waals surface area (Å²) in [6.45, 7) is 5.20. The lowest BCUT2D eigenvalue weighted by Crippen LogP contribution is -2.26. The Morgan fingerprint density at radius 2 is 2.38 bits per heavy atom. The van der Waals surface area contributed by atoms with Crippen molar-refractivity contribution in [3.8, 4) is 11.8 Å². The first-order valence-corrected chi connectivity index (χ1v) is 5.28. The molecule has 0 spiro atoms. The van der Waals surface area contributed by atoms with E-state index in [1.54, 1.807) is 0 Å². The lowest BCUT2D eigenvalue weighted by molar-refractivity contribution is 0.423. The normalized spacial score (nSPS) is 26.5. The average Bonchev–Trinajstić information content (AvgIpc) is 2.42. The SMILES string of the molecule is CC#CCCCC1(C)CCNC1=S. The molecule has 1 nitrogen and oxygen atoms in total. The topological polar surface area (TPSA) is 12.0 Å². The Bertz CT molecular complexity index is 249. The Morgan fingerprint density at radius 3 is 2.92 bits per heavy atom. The van der Waals surface area contributed by atoms with Gasteiger partial charge in [-0.05, 0) is 26.2 Å². The van der Waals surface area contributed by atoms with Crippen LogP contribution in [0.25, 0.3) is 0 Å². The number of rotatable bonds is 3. The quantitative estimate of drug-likeness (QED) is 0.422. The van der Waals surface area contributed by atoms with Crippen LogP contribution in [0.15, 0.2) is 0 Å². The van der Waals surface area contributed by atoms with E-state index < -0.39 is 0 Å². The molecule has 1 heterocycles. The van der Waals surface area contributed by atoms with Crippen LogP contribution in [0.3, 0.4) is 0 Å². The highest BCUT2D eigenvalue weighted by Crippen LogP contribution is 2.32. The van der Waals surface area contributed by atoms with Gasteiger partial charge in [0.2, 0.25) is 0 Å². The molecule has 0 aromatic rings. The summed E-state index contributed by atoms with van der Waals surface area (Å²) in [7, 11) is 0. The van der Waals surface area contributed by atoms with Crippen molar-refractivity contribution in [2.75, 3.05) is 6.54 Å². The average molecular weight is 195 g/mol. The van der Waals surface area contributed by atoms with E-state index in [1.807, 2.05) is 6.92 Å². The molecule has 0 aromatic carbocycles. The van der Waals surface area contributed by atoms with Gasteiger partial charge in [0, 0.05) is 18.4 Å². The summed E-state index contributed by atoms with van der Waals surface area (Å²) in [5.41, 5.74) is 0.255. The van der Waals surface area contributed by atoms with Crippen LogP contribution in [0.5, 0.6) is 0 Å². The summed E-state index contributed by atoms with van der Waals surface area (Å²) in [5.74, 6) is 6.01. The van der Waals surface area contributed by atoms with Crippen molar-refractivity contribution in [3.63, 3.8) is 0 Å². The molecule has 1 fully saturated rings. The summed E-state index contributed by atoms with van der Waals surface area (Å²) < 4.78 is 0. The molecule has 1 aliphatic heterocycles. The van der Waals surface area contributed by atoms with E-state index in [4.69, 9.17) is 12.2 Å². The lowest BCUT2D eigenvalue weighted by Gasteiger charge is -2.21. The molecule has 13 heavy (non-hydrogen) atoms. The zero-order valence-electron chi connectivity index (χ0n) is 8.44. The van der Waals surface area contributed by atoms with Gasteiger partial charge >= 0.3 is 0 Å². The summed E-state index contributed by atoms with van der Waals surface area (Å²) in [5, 5.41) is 3.25. The van der Waals surface area contributed by atoms with Gasteiger partial charge in [0.15, 0.2) is 0 Å². The molecular weight excluding hydrogens is 178 g/mol. The summed E-state index contributed by atoms with van der Waals surface area (Å²) in [4.78, 5) is 1.05. The maximum atomic E-state index is 5.28. The highest BCUT2D eigenvalue weighted by molar-refractivity contribution is 7.80. The number of unbranched alkanes of at least 4 members (excludes halogenated alkanes) is 1. The van der Waals surface area contributed by atoms with Crippen LogP contribution in [-0.2, 0) is 0 Å². The maximum Gasteiger partial charge on any atom is 0.0813 e. The van der Waals surface area contributed by atoms with Gasteiger partial charge in [-0.3, -0.25) is 0 Å². The summed E-state index contributed by atoms with van der Waals surface area (Å²) >= 11 is 5.28. The van der Waals surface area contributed by atoms with Crippen LogP contribution >= 0.6 is 12.2 Å². The van der Waals surface area contributed by atoms with E-state index in [2.05, 4.69) is 24.1 Å². The number of hydrogen-bond acceptors (Lipinski definition) is 1. The van der Waals surface area contributed by atoms with Gasteiger partial charge in [-0.25, -0.2) is 0 Å². The minimum Gasteiger partial charge on any atom is -0.379 e. The molecule has 1 aliphatic rings. The predicted molar refractivity (Wildman–Crippen MR) is 60.6 cm³/mol. The molecule has 2 heteroatoms. The van der Waals surface area contributed by atoms with Crippen molar-refractivity contribution < 1.29 is 0 Å². The summed E-state index contributed by atoms with van der Waals surface area (Å²) in [6, 6.07) is 0. The largest absolute Gasteiger partial charge is 0.379 e. The molecule has 0 saturated carbocycles. The van der Waals surface area contributed by atoms with E-state index in [-0.39, 0.29) is 5.41 Å². The minimum absolute atomic E-state index is 0.255. The van der Waals surface area contributed by atoms with Crippen LogP contribution < -0.4 is 5.32 Å². The Kier molecular flexibility index (Phi) is 3.74. The fourth-order valence-electron chi connectivity index (χ4n) is 1.71. The second-order valence-electron chi connectivity index (χ2n) is 3.85. The molecule has 1 rings (SSSR count). The van der Waals surface area contributed by atoms with E-state index in [9.17, 15) is 0 Å². The first-order valence-electron chi connectivity index (χ1n) is 4.87. The molecule has 1 N–H and O–H groups in total. The van der Waals surface area contributed by atoms with Crippen LogP contribution in [-0.4, -0.2) is 11.5 Å². The molecule has 0 radical (unpaired) electrons. The van der Waals surface area contributed by atoms with E-state index >= 15 is 0 Å². The molecule has 0 aliphatic carbocycles. The van der Waals surface area contributed by atoms with Crippen LogP contribution in [0.2, 0.25) is 0 Å². The van der Waals surface area contributed by atoms with Crippen molar-refractivity contribution in [2.24, 2.45) is 5.41 Å². The van der Waals surface area contributed by atoms with Crippen molar-refractivity contribution in [2.45, 2.75) is 39.5 Å². The Morgan fingerprint density at radius 1 is 1.62 bits per heavy atom. The number of nitrogens with one attached hydrogen (secondary N) is 1. The van der Waals surface area contributed by atoms with Crippen molar-refractivity contribution in [1.82, 2.24) is 5.32 Å². The molecule has 1 atom stereocenters. The van der Waals surface area contributed by atoms with Crippen LogP contribution in [0.4, 0.5) is 0 Å². The fraction of sp³-hybridized carbons (Fsp3) is 0.727. The van der Waals surface area contributed by atoms with Gasteiger partial charge < -0.3 is 5.32 Å². The van der Waals surface area contributed by atoms with Gasteiger partial charge in [-0.15, -0.1) is 11.8 Å². The highest BCUT2D eigenvalue weighted by Gasteiger charge is 2.32. The molecule has 1 saturated heterocycles. The van der Waals surface area contributed by atoms with Crippen molar-refractivity contribution in [3.05, 3.63) is 0 Å². The van der Waals surface area contributed by atoms with E-state index in [1.165, 1.54) is 19.3 Å². The van der Waals surface area contributed by atoms with Crippen LogP contribution in [0, 0.1) is 17.3 Å². The van der Waals surface area contributed by atoms with Gasteiger partial charge in [0.1, 0.15) is 0 Å². The second-order valence-corrected chi connectivity index (χ2v) is 4.26. The summed E-state index contributed by atoms with van der Waals surface area (Å²) in [6.07, 6.45) is 4.53. The first kappa shape index (κ1) is 10.5. The third-order valence-electron chi connectivity index (χ3n) is 2.72. The van der Waals surface area contributed by atoms with Gasteiger partial charge in [0.05, 0.1) is 4.99 Å². The molecule has 0 amide bonds. The zero-order valence-corrected chi connectivity index (χ0v) is 9.26. The number of hydrogen-bond donors (Lipinski definition) is 1. The predicted octanol–water partition coefficient (Wildman–Crippen LogP) is 2.51. The second kappa shape index (κ2) is 4.62. The Hall–Kier alpha value is -0.550. The molecule has 0 aromatic heterocycles. The fourth-order valence-corrected chi connectivity index (χ4v) is 2.02. The molecule has 72 valence electrons. The van der Waals surface area contributed by atoms with Crippen molar-refractivity contribution in [1.29, 1.82) is 0 Å². The van der Waals surface area contributed by atoms with Crippen LogP contribution in [0.1, 0.15) is 39.5 Å². The Labute approximate surface area is 86.3 Å². The van der Waals surface area contributed by atoms with Gasteiger partial charge in [-0.2, -0.15) is 0 Å². The Balaban J connectivity index is 2.33. The number of thiocarbonyl (C=S) groups is 1. The van der Waals surface area contributed by atoms with E-state index in [0.29, 0.717) is 0 Å². The molecule has 1 unspecified atom stereocenters. The van der Waals surface area contributed by atoms with Gasteiger partial charge in [0.25, 0.3) is 0 Å². The first-order chi connectivity index (χ1) is 6.19. The molecular formula is C11H17NS. The minimum atomic E-state index is 0.255. The van der Waals surface area contributed by atoms with Gasteiger partial charge in [-0.1, -0.05) is 19.1 Å². The highest BCUT2D eigenvalue weighted by atomic mass is 32.1. The standard InChI is InChI=1S/C11H17NS/c1-3-4-5-6-7-11(2)8-9-12-10(11)13/h5-9H2,1-2H3,(H,12,13). The van der Waals surface area contributed by atoms with Crippen molar-refractivity contribution >= 4 is 17.2 Å². The molecule has 0 bridgehead atoms. The maximum absolute atomic E-state index is 5.28.